The largest absolute Gasteiger partial charge is 0.399 e. The van der Waals surface area contributed by atoms with Crippen molar-refractivity contribution in [3.8, 4) is 0 Å². The van der Waals surface area contributed by atoms with Crippen molar-refractivity contribution in [3.05, 3.63) is 24.3 Å². The summed E-state index contributed by atoms with van der Waals surface area (Å²) in [6.07, 6.45) is 1.78. The Labute approximate surface area is 117 Å². The lowest BCUT2D eigenvalue weighted by Gasteiger charge is -2.22. The van der Waals surface area contributed by atoms with Gasteiger partial charge < -0.3 is 10.6 Å². The third-order valence-corrected chi connectivity index (χ3v) is 3.25. The molecule has 6 nitrogen and oxygen atoms in total. The molecule has 0 atom stereocenters. The Morgan fingerprint density at radius 2 is 1.65 bits per heavy atom. The van der Waals surface area contributed by atoms with Crippen LogP contribution in [0.1, 0.15) is 19.8 Å². The van der Waals surface area contributed by atoms with Crippen LogP contribution in [0.25, 0.3) is 0 Å². The highest BCUT2D eigenvalue weighted by Gasteiger charge is 2.31. The van der Waals surface area contributed by atoms with Gasteiger partial charge in [0.25, 0.3) is 0 Å². The molecule has 6 heteroatoms. The van der Waals surface area contributed by atoms with E-state index in [0.29, 0.717) is 24.5 Å². The van der Waals surface area contributed by atoms with Crippen LogP contribution in [-0.2, 0) is 14.4 Å². The van der Waals surface area contributed by atoms with Crippen molar-refractivity contribution in [2.75, 3.05) is 23.7 Å². The van der Waals surface area contributed by atoms with Crippen LogP contribution >= 0.6 is 0 Å². The first-order valence-corrected chi connectivity index (χ1v) is 6.50. The van der Waals surface area contributed by atoms with E-state index in [2.05, 4.69) is 0 Å². The number of amides is 3. The van der Waals surface area contributed by atoms with E-state index >= 15 is 0 Å². The van der Waals surface area contributed by atoms with Crippen molar-refractivity contribution in [3.63, 3.8) is 0 Å². The molecule has 0 unspecified atom stereocenters. The topological polar surface area (TPSA) is 83.7 Å². The average molecular weight is 275 g/mol. The molecule has 1 aliphatic rings. The summed E-state index contributed by atoms with van der Waals surface area (Å²) < 4.78 is 0. The van der Waals surface area contributed by atoms with Gasteiger partial charge in [-0.15, -0.1) is 0 Å². The van der Waals surface area contributed by atoms with Gasteiger partial charge in [0.05, 0.1) is 5.69 Å². The maximum Gasteiger partial charge on any atom is 0.323 e. The summed E-state index contributed by atoms with van der Waals surface area (Å²) in [4.78, 5) is 38.4. The molecule has 0 aromatic heterocycles. The molecule has 106 valence electrons. The molecule has 0 radical (unpaired) electrons. The second-order valence-electron chi connectivity index (χ2n) is 4.75. The second-order valence-corrected chi connectivity index (χ2v) is 4.75. The molecule has 1 aromatic carbocycles. The van der Waals surface area contributed by atoms with Gasteiger partial charge in [-0.2, -0.15) is 0 Å². The molecule has 1 heterocycles. The summed E-state index contributed by atoms with van der Waals surface area (Å²) in [6.45, 7) is 2.39. The highest BCUT2D eigenvalue weighted by atomic mass is 16.2. The number of hydrogen-bond acceptors (Lipinski definition) is 4. The molecule has 1 aromatic rings. The molecule has 0 bridgehead atoms. The zero-order valence-electron chi connectivity index (χ0n) is 11.3. The van der Waals surface area contributed by atoms with Gasteiger partial charge >= 0.3 is 11.8 Å². The van der Waals surface area contributed by atoms with E-state index in [1.165, 1.54) is 11.8 Å². The van der Waals surface area contributed by atoms with E-state index in [4.69, 9.17) is 5.73 Å². The van der Waals surface area contributed by atoms with Crippen molar-refractivity contribution in [1.82, 2.24) is 4.90 Å². The fourth-order valence-electron chi connectivity index (χ4n) is 2.22. The quantitative estimate of drug-likeness (QED) is 0.606. The Kier molecular flexibility index (Phi) is 4.02. The van der Waals surface area contributed by atoms with Crippen molar-refractivity contribution < 1.29 is 14.4 Å². The van der Waals surface area contributed by atoms with Crippen LogP contribution in [0.5, 0.6) is 0 Å². The number of rotatable bonds is 1. The monoisotopic (exact) mass is 275 g/mol. The number of carbonyl (C=O) groups is 3. The van der Waals surface area contributed by atoms with Gasteiger partial charge in [-0.1, -0.05) is 0 Å². The summed E-state index contributed by atoms with van der Waals surface area (Å²) in [7, 11) is 0. The average Bonchev–Trinajstić information content (AvgIpc) is 2.94. The van der Waals surface area contributed by atoms with E-state index < -0.39 is 17.7 Å². The molecule has 0 spiro atoms. The Bertz CT molecular complexity index is 533. The second kappa shape index (κ2) is 5.73. The third-order valence-electron chi connectivity index (χ3n) is 3.25. The van der Waals surface area contributed by atoms with E-state index in [0.717, 1.165) is 17.7 Å². The number of carbonyl (C=O) groups excluding carboxylic acids is 3. The molecule has 0 saturated carbocycles. The minimum Gasteiger partial charge on any atom is -0.399 e. The predicted molar refractivity (Wildman–Crippen MR) is 74.8 cm³/mol. The number of benzene rings is 1. The Balaban J connectivity index is 2.24. The molecular weight excluding hydrogens is 258 g/mol. The third kappa shape index (κ3) is 2.79. The van der Waals surface area contributed by atoms with Crippen LogP contribution < -0.4 is 10.6 Å². The maximum atomic E-state index is 12.2. The molecule has 1 saturated heterocycles. The summed E-state index contributed by atoms with van der Waals surface area (Å²) >= 11 is 0. The summed E-state index contributed by atoms with van der Waals surface area (Å²) in [6, 6.07) is 6.26. The van der Waals surface area contributed by atoms with Gasteiger partial charge in [-0.25, -0.2) is 4.90 Å². The standard InChI is InChI=1S/C14H17N3O3/c1-10(18)17(12-6-4-11(15)5-7-12)14(20)13(19)16-8-2-3-9-16/h4-7H,2-3,8-9,15H2,1H3. The number of nitrogens with zero attached hydrogens (tertiary/aromatic N) is 2. The van der Waals surface area contributed by atoms with Crippen LogP contribution in [0.3, 0.4) is 0 Å². The van der Waals surface area contributed by atoms with Gasteiger partial charge in [0.15, 0.2) is 0 Å². The van der Waals surface area contributed by atoms with Gasteiger partial charge in [0.2, 0.25) is 5.91 Å². The van der Waals surface area contributed by atoms with Crippen molar-refractivity contribution in [2.24, 2.45) is 0 Å². The Hall–Kier alpha value is -2.37. The van der Waals surface area contributed by atoms with Gasteiger partial charge in [-0.05, 0) is 37.1 Å². The first kappa shape index (κ1) is 14.0. The number of hydrogen-bond donors (Lipinski definition) is 1. The van der Waals surface area contributed by atoms with Crippen LogP contribution in [0.15, 0.2) is 24.3 Å². The van der Waals surface area contributed by atoms with Gasteiger partial charge in [0, 0.05) is 25.7 Å². The number of nitrogens with two attached hydrogens (primary N) is 1. The minimum absolute atomic E-state index is 0.351. The number of nitrogen functional groups attached to an aromatic ring is 1. The van der Waals surface area contributed by atoms with Crippen molar-refractivity contribution in [1.29, 1.82) is 0 Å². The molecule has 3 amide bonds. The number of likely N-dealkylation sites (tertiary alicyclic amines) is 1. The molecule has 2 N–H and O–H groups in total. The van der Waals surface area contributed by atoms with Crippen molar-refractivity contribution >= 4 is 29.1 Å². The summed E-state index contributed by atoms with van der Waals surface area (Å²) in [5.41, 5.74) is 6.45. The van der Waals surface area contributed by atoms with Crippen LogP contribution in [0, 0.1) is 0 Å². The van der Waals surface area contributed by atoms with Crippen LogP contribution in [-0.4, -0.2) is 35.7 Å². The van der Waals surface area contributed by atoms with Crippen LogP contribution in [0.2, 0.25) is 0 Å². The number of anilines is 2. The predicted octanol–water partition coefficient (Wildman–Crippen LogP) is 0.771. The fourth-order valence-corrected chi connectivity index (χ4v) is 2.22. The first-order chi connectivity index (χ1) is 9.50. The lowest BCUT2D eigenvalue weighted by molar-refractivity contribution is -0.145. The summed E-state index contributed by atoms with van der Waals surface area (Å²) in [5, 5.41) is 0. The molecule has 20 heavy (non-hydrogen) atoms. The van der Waals surface area contributed by atoms with Gasteiger partial charge in [-0.3, -0.25) is 14.4 Å². The SMILES string of the molecule is CC(=O)N(C(=O)C(=O)N1CCCC1)c1ccc(N)cc1. The highest BCUT2D eigenvalue weighted by molar-refractivity contribution is 6.45. The van der Waals surface area contributed by atoms with Crippen molar-refractivity contribution in [2.45, 2.75) is 19.8 Å². The zero-order valence-corrected chi connectivity index (χ0v) is 11.3. The molecule has 2 rings (SSSR count). The van der Waals surface area contributed by atoms with E-state index in [1.807, 2.05) is 0 Å². The minimum atomic E-state index is -0.816. The molecule has 1 fully saturated rings. The summed E-state index contributed by atoms with van der Waals surface area (Å²) in [5.74, 6) is -1.94. The zero-order chi connectivity index (χ0) is 14.7. The van der Waals surface area contributed by atoms with E-state index in [9.17, 15) is 14.4 Å². The first-order valence-electron chi connectivity index (χ1n) is 6.50. The molecule has 0 aliphatic carbocycles. The molecule has 1 aliphatic heterocycles. The maximum absolute atomic E-state index is 12.2. The van der Waals surface area contributed by atoms with E-state index in [1.54, 1.807) is 24.3 Å². The smallest absolute Gasteiger partial charge is 0.323 e. The molecular formula is C14H17N3O3. The lowest BCUT2D eigenvalue weighted by Crippen LogP contribution is -2.46. The number of imide groups is 1. The highest BCUT2D eigenvalue weighted by Crippen LogP contribution is 2.18. The lowest BCUT2D eigenvalue weighted by atomic mass is 10.2. The Morgan fingerprint density at radius 1 is 1.10 bits per heavy atom. The fraction of sp³-hybridized carbons (Fsp3) is 0.357. The van der Waals surface area contributed by atoms with E-state index in [-0.39, 0.29) is 0 Å². The van der Waals surface area contributed by atoms with Gasteiger partial charge in [0.1, 0.15) is 0 Å². The van der Waals surface area contributed by atoms with Crippen LogP contribution in [0.4, 0.5) is 11.4 Å². The Morgan fingerprint density at radius 3 is 2.15 bits per heavy atom. The normalized spacial score (nSPS) is 14.2.